The molecule has 0 bridgehead atoms. The van der Waals surface area contributed by atoms with Crippen LogP contribution >= 0.6 is 15.9 Å². The van der Waals surface area contributed by atoms with Crippen LogP contribution in [0.25, 0.3) is 11.0 Å². The molecule has 1 aliphatic heterocycles. The Kier molecular flexibility index (Phi) is 4.50. The minimum absolute atomic E-state index is 0.0232. The Labute approximate surface area is 133 Å². The van der Waals surface area contributed by atoms with E-state index < -0.39 is 0 Å². The summed E-state index contributed by atoms with van der Waals surface area (Å²) in [6.07, 6.45) is 4.63. The SMILES string of the molecule is CCCCN1CCC(n2c(=O)[nH]c3ccc(Br)cc32)CC1. The van der Waals surface area contributed by atoms with Crippen LogP contribution in [0, 0.1) is 0 Å². The molecule has 0 aliphatic carbocycles. The number of aromatic amines is 1. The molecule has 2 heterocycles. The second kappa shape index (κ2) is 6.36. The van der Waals surface area contributed by atoms with E-state index in [2.05, 4.69) is 32.7 Å². The highest BCUT2D eigenvalue weighted by Gasteiger charge is 2.23. The molecule has 21 heavy (non-hydrogen) atoms. The lowest BCUT2D eigenvalue weighted by Crippen LogP contribution is -2.37. The fourth-order valence-corrected chi connectivity index (χ4v) is 3.59. The Hall–Kier alpha value is -1.07. The predicted molar refractivity (Wildman–Crippen MR) is 89.9 cm³/mol. The van der Waals surface area contributed by atoms with Gasteiger partial charge in [-0.05, 0) is 44.0 Å². The van der Waals surface area contributed by atoms with Crippen LogP contribution in [0.15, 0.2) is 27.5 Å². The molecule has 2 aromatic rings. The number of likely N-dealkylation sites (tertiary alicyclic amines) is 1. The normalized spacial score (nSPS) is 17.6. The van der Waals surface area contributed by atoms with Gasteiger partial charge in [0.1, 0.15) is 0 Å². The quantitative estimate of drug-likeness (QED) is 0.915. The third-order valence-electron chi connectivity index (χ3n) is 4.43. The van der Waals surface area contributed by atoms with Crippen molar-refractivity contribution in [3.63, 3.8) is 0 Å². The zero-order valence-corrected chi connectivity index (χ0v) is 14.0. The van der Waals surface area contributed by atoms with E-state index in [0.717, 1.165) is 41.4 Å². The summed E-state index contributed by atoms with van der Waals surface area (Å²) in [4.78, 5) is 17.8. The van der Waals surface area contributed by atoms with E-state index in [9.17, 15) is 4.79 Å². The largest absolute Gasteiger partial charge is 0.326 e. The second-order valence-corrected chi connectivity index (χ2v) is 6.80. The molecule has 3 rings (SSSR count). The Balaban J connectivity index is 1.81. The van der Waals surface area contributed by atoms with Crippen molar-refractivity contribution in [3.05, 3.63) is 33.2 Å². The molecule has 1 aromatic carbocycles. The molecule has 0 spiro atoms. The average molecular weight is 352 g/mol. The van der Waals surface area contributed by atoms with E-state index in [0.29, 0.717) is 6.04 Å². The van der Waals surface area contributed by atoms with Crippen LogP contribution < -0.4 is 5.69 Å². The molecule has 0 saturated carbocycles. The number of imidazole rings is 1. The molecule has 1 saturated heterocycles. The molecule has 1 aromatic heterocycles. The van der Waals surface area contributed by atoms with Gasteiger partial charge in [0.05, 0.1) is 11.0 Å². The number of nitrogens with one attached hydrogen (secondary N) is 1. The minimum Gasteiger partial charge on any atom is -0.306 e. The summed E-state index contributed by atoms with van der Waals surface area (Å²) in [5.74, 6) is 0. The van der Waals surface area contributed by atoms with Crippen molar-refractivity contribution >= 4 is 27.0 Å². The lowest BCUT2D eigenvalue weighted by molar-refractivity contribution is 0.185. The molecule has 5 heteroatoms. The maximum absolute atomic E-state index is 12.3. The number of rotatable bonds is 4. The average Bonchev–Trinajstić information content (AvgIpc) is 2.81. The summed E-state index contributed by atoms with van der Waals surface area (Å²) < 4.78 is 2.97. The molecule has 1 aliphatic rings. The minimum atomic E-state index is 0.0232. The molecule has 1 N–H and O–H groups in total. The van der Waals surface area contributed by atoms with Crippen molar-refractivity contribution < 1.29 is 0 Å². The van der Waals surface area contributed by atoms with Gasteiger partial charge in [-0.15, -0.1) is 0 Å². The smallest absolute Gasteiger partial charge is 0.306 e. The fraction of sp³-hybridized carbons (Fsp3) is 0.562. The van der Waals surface area contributed by atoms with Gasteiger partial charge in [-0.3, -0.25) is 4.57 Å². The first-order chi connectivity index (χ1) is 10.2. The number of benzene rings is 1. The molecule has 1 fully saturated rings. The van der Waals surface area contributed by atoms with Crippen molar-refractivity contribution in [3.8, 4) is 0 Å². The van der Waals surface area contributed by atoms with Crippen LogP contribution in [-0.2, 0) is 0 Å². The van der Waals surface area contributed by atoms with Gasteiger partial charge in [-0.2, -0.15) is 0 Å². The van der Waals surface area contributed by atoms with Crippen LogP contribution in [0.3, 0.4) is 0 Å². The molecule has 0 unspecified atom stereocenters. The summed E-state index contributed by atoms with van der Waals surface area (Å²) in [5.41, 5.74) is 1.97. The summed E-state index contributed by atoms with van der Waals surface area (Å²) in [5, 5.41) is 0. The van der Waals surface area contributed by atoms with Crippen LogP contribution in [-0.4, -0.2) is 34.1 Å². The highest BCUT2D eigenvalue weighted by Crippen LogP contribution is 2.26. The topological polar surface area (TPSA) is 41.0 Å². The van der Waals surface area contributed by atoms with Gasteiger partial charge in [0.15, 0.2) is 0 Å². The first kappa shape index (κ1) is 14.9. The van der Waals surface area contributed by atoms with Gasteiger partial charge in [-0.1, -0.05) is 29.3 Å². The standard InChI is InChI=1S/C16H22BrN3O/c1-2-3-8-19-9-6-13(7-10-19)20-15-11-12(17)4-5-14(15)18-16(20)21/h4-5,11,13H,2-3,6-10H2,1H3,(H,18,21). The monoisotopic (exact) mass is 351 g/mol. The lowest BCUT2D eigenvalue weighted by Gasteiger charge is -2.32. The van der Waals surface area contributed by atoms with E-state index in [1.54, 1.807) is 0 Å². The van der Waals surface area contributed by atoms with Gasteiger partial charge in [0, 0.05) is 23.6 Å². The van der Waals surface area contributed by atoms with E-state index in [1.165, 1.54) is 19.4 Å². The van der Waals surface area contributed by atoms with Gasteiger partial charge in [0.25, 0.3) is 0 Å². The number of H-pyrrole nitrogens is 1. The number of nitrogens with zero attached hydrogens (tertiary/aromatic N) is 2. The number of halogens is 1. The number of piperidine rings is 1. The van der Waals surface area contributed by atoms with Crippen molar-refractivity contribution in [1.82, 2.24) is 14.5 Å². The highest BCUT2D eigenvalue weighted by atomic mass is 79.9. The molecular formula is C16H22BrN3O. The summed E-state index contributed by atoms with van der Waals surface area (Å²) >= 11 is 3.50. The van der Waals surface area contributed by atoms with Crippen molar-refractivity contribution in [2.24, 2.45) is 0 Å². The number of hydrogen-bond donors (Lipinski definition) is 1. The van der Waals surface area contributed by atoms with Crippen LogP contribution in [0.5, 0.6) is 0 Å². The maximum atomic E-state index is 12.3. The van der Waals surface area contributed by atoms with E-state index in [1.807, 2.05) is 22.8 Å². The van der Waals surface area contributed by atoms with Crippen LogP contribution in [0.2, 0.25) is 0 Å². The zero-order chi connectivity index (χ0) is 14.8. The molecular weight excluding hydrogens is 330 g/mol. The van der Waals surface area contributed by atoms with Crippen LogP contribution in [0.4, 0.5) is 0 Å². The molecule has 0 atom stereocenters. The Morgan fingerprint density at radius 2 is 2.10 bits per heavy atom. The Morgan fingerprint density at radius 1 is 1.33 bits per heavy atom. The molecule has 4 nitrogen and oxygen atoms in total. The first-order valence-corrected chi connectivity index (χ1v) is 8.60. The second-order valence-electron chi connectivity index (χ2n) is 5.89. The zero-order valence-electron chi connectivity index (χ0n) is 12.4. The molecule has 0 radical (unpaired) electrons. The van der Waals surface area contributed by atoms with E-state index >= 15 is 0 Å². The Bertz CT molecular complexity index is 668. The summed E-state index contributed by atoms with van der Waals surface area (Å²) in [7, 11) is 0. The summed E-state index contributed by atoms with van der Waals surface area (Å²) in [6, 6.07) is 6.29. The number of hydrogen-bond acceptors (Lipinski definition) is 2. The maximum Gasteiger partial charge on any atom is 0.326 e. The third-order valence-corrected chi connectivity index (χ3v) is 4.92. The van der Waals surface area contributed by atoms with Crippen molar-refractivity contribution in [2.75, 3.05) is 19.6 Å². The highest BCUT2D eigenvalue weighted by molar-refractivity contribution is 9.10. The lowest BCUT2D eigenvalue weighted by atomic mass is 10.0. The van der Waals surface area contributed by atoms with E-state index in [-0.39, 0.29) is 5.69 Å². The Morgan fingerprint density at radius 3 is 2.81 bits per heavy atom. The van der Waals surface area contributed by atoms with Crippen molar-refractivity contribution in [1.29, 1.82) is 0 Å². The van der Waals surface area contributed by atoms with Gasteiger partial charge in [0.2, 0.25) is 0 Å². The van der Waals surface area contributed by atoms with Crippen molar-refractivity contribution in [2.45, 2.75) is 38.6 Å². The fourth-order valence-electron chi connectivity index (χ4n) is 3.24. The molecule has 114 valence electrons. The van der Waals surface area contributed by atoms with Gasteiger partial charge in [-0.25, -0.2) is 4.79 Å². The van der Waals surface area contributed by atoms with Gasteiger partial charge < -0.3 is 9.88 Å². The van der Waals surface area contributed by atoms with Gasteiger partial charge >= 0.3 is 5.69 Å². The molecule has 0 amide bonds. The van der Waals surface area contributed by atoms with E-state index in [4.69, 9.17) is 0 Å². The number of unbranched alkanes of at least 4 members (excludes halogenated alkanes) is 1. The van der Waals surface area contributed by atoms with Crippen LogP contribution in [0.1, 0.15) is 38.6 Å². The third kappa shape index (κ3) is 3.09. The number of fused-ring (bicyclic) bond motifs is 1. The first-order valence-electron chi connectivity index (χ1n) is 7.81. The number of aromatic nitrogens is 2. The summed E-state index contributed by atoms with van der Waals surface area (Å²) in [6.45, 7) is 5.61. The predicted octanol–water partition coefficient (Wildman–Crippen LogP) is 3.53.